The van der Waals surface area contributed by atoms with Crippen LogP contribution in [0.25, 0.3) is 0 Å². The predicted molar refractivity (Wildman–Crippen MR) is 65.5 cm³/mol. The minimum absolute atomic E-state index is 0.0325. The Bertz CT molecular complexity index is 324. The first-order valence-electron chi connectivity index (χ1n) is 3.98. The summed E-state index contributed by atoms with van der Waals surface area (Å²) in [5.74, 6) is -0.264. The van der Waals surface area contributed by atoms with Gasteiger partial charge in [-0.3, -0.25) is 4.79 Å². The minimum atomic E-state index is -0.343. The number of hydrogen-bond acceptors (Lipinski definition) is 3. The fourth-order valence-corrected chi connectivity index (χ4v) is 3.50. The van der Waals surface area contributed by atoms with Crippen molar-refractivity contribution in [2.24, 2.45) is 0 Å². The molecule has 0 aromatic carbocycles. The van der Waals surface area contributed by atoms with E-state index in [1.807, 2.05) is 18.4 Å². The van der Waals surface area contributed by atoms with Crippen LogP contribution in [-0.4, -0.2) is 17.9 Å². The number of alkyl halides is 2. The second kappa shape index (κ2) is 5.28. The number of carbonyl (C=O) groups is 1. The molecule has 0 bridgehead atoms. The highest BCUT2D eigenvalue weighted by atomic mass is 79.9. The summed E-state index contributed by atoms with van der Waals surface area (Å²) in [5.41, 5.74) is 1.19. The van der Waals surface area contributed by atoms with E-state index in [2.05, 4.69) is 36.6 Å². The van der Waals surface area contributed by atoms with E-state index in [-0.39, 0.29) is 15.6 Å². The second-order valence-electron chi connectivity index (χ2n) is 2.79. The smallest absolute Gasteiger partial charge is 0.320 e. The first kappa shape index (κ1) is 12.2. The minimum Gasteiger partial charge on any atom is -0.468 e. The Morgan fingerprint density at radius 3 is 2.64 bits per heavy atom. The second-order valence-corrected chi connectivity index (χ2v) is 5.72. The van der Waals surface area contributed by atoms with E-state index >= 15 is 0 Å². The topological polar surface area (TPSA) is 26.3 Å². The highest BCUT2D eigenvalue weighted by molar-refractivity contribution is 9.12. The first-order chi connectivity index (χ1) is 6.57. The maximum atomic E-state index is 11.3. The summed E-state index contributed by atoms with van der Waals surface area (Å²) in [5, 5.41) is 2.01. The summed E-state index contributed by atoms with van der Waals surface area (Å²) in [6, 6.07) is 2.03. The average molecular weight is 342 g/mol. The molecule has 0 aliphatic rings. The highest BCUT2D eigenvalue weighted by Crippen LogP contribution is 2.36. The van der Waals surface area contributed by atoms with Crippen molar-refractivity contribution in [1.82, 2.24) is 0 Å². The van der Waals surface area contributed by atoms with Gasteiger partial charge >= 0.3 is 5.97 Å². The maximum Gasteiger partial charge on any atom is 0.320 e. The quantitative estimate of drug-likeness (QED) is 0.622. The lowest BCUT2D eigenvalue weighted by molar-refractivity contribution is -0.139. The van der Waals surface area contributed by atoms with Gasteiger partial charge in [0, 0.05) is 4.88 Å². The molecule has 1 aromatic rings. The summed E-state index contributed by atoms with van der Waals surface area (Å²) in [6.45, 7) is 2.02. The van der Waals surface area contributed by atoms with Crippen molar-refractivity contribution < 1.29 is 9.53 Å². The molecule has 1 aromatic heterocycles. The summed E-state index contributed by atoms with van der Waals surface area (Å²) < 4.78 is 4.66. The van der Waals surface area contributed by atoms with Crippen LogP contribution in [0.15, 0.2) is 11.4 Å². The lowest BCUT2D eigenvalue weighted by atomic mass is 10.2. The Morgan fingerprint density at radius 1 is 1.57 bits per heavy atom. The molecular formula is C9H10Br2O2S. The molecule has 78 valence electrons. The molecule has 0 aliphatic heterocycles. The number of hydrogen-bond donors (Lipinski definition) is 0. The molecule has 1 heterocycles. The molecular weight excluding hydrogens is 332 g/mol. The summed E-state index contributed by atoms with van der Waals surface area (Å²) in [4.78, 5) is 12.0. The van der Waals surface area contributed by atoms with Gasteiger partial charge in [0.1, 0.15) is 4.83 Å². The Hall–Kier alpha value is 0.130. The van der Waals surface area contributed by atoms with Crippen LogP contribution in [-0.2, 0) is 9.53 Å². The van der Waals surface area contributed by atoms with Gasteiger partial charge in [0.25, 0.3) is 0 Å². The molecule has 1 rings (SSSR count). The zero-order valence-electron chi connectivity index (χ0n) is 7.79. The third-order valence-corrected chi connectivity index (χ3v) is 5.84. The molecule has 0 unspecified atom stereocenters. The summed E-state index contributed by atoms with van der Waals surface area (Å²) in [7, 11) is 1.39. The van der Waals surface area contributed by atoms with E-state index in [0.717, 1.165) is 4.88 Å². The van der Waals surface area contributed by atoms with E-state index in [0.29, 0.717) is 0 Å². The van der Waals surface area contributed by atoms with Crippen LogP contribution in [0.5, 0.6) is 0 Å². The van der Waals surface area contributed by atoms with Crippen molar-refractivity contribution in [3.63, 3.8) is 0 Å². The lowest BCUT2D eigenvalue weighted by Gasteiger charge is -2.13. The van der Waals surface area contributed by atoms with Crippen LogP contribution in [0.1, 0.15) is 15.3 Å². The highest BCUT2D eigenvalue weighted by Gasteiger charge is 2.27. The molecule has 0 fully saturated rings. The SMILES string of the molecule is COC(=O)[C@H](Br)[C@H](Br)c1sccc1C. The Kier molecular flexibility index (Phi) is 4.60. The van der Waals surface area contributed by atoms with Crippen LogP contribution in [0, 0.1) is 6.92 Å². The summed E-state index contributed by atoms with van der Waals surface area (Å²) in [6.07, 6.45) is 0. The number of thiophene rings is 1. The van der Waals surface area contributed by atoms with E-state index < -0.39 is 0 Å². The fraction of sp³-hybridized carbons (Fsp3) is 0.444. The third-order valence-electron chi connectivity index (χ3n) is 1.84. The van der Waals surface area contributed by atoms with Gasteiger partial charge in [0.2, 0.25) is 0 Å². The average Bonchev–Trinajstić information content (AvgIpc) is 2.61. The van der Waals surface area contributed by atoms with Gasteiger partial charge in [-0.05, 0) is 23.9 Å². The Labute approximate surface area is 104 Å². The van der Waals surface area contributed by atoms with Crippen molar-refractivity contribution in [2.75, 3.05) is 7.11 Å². The van der Waals surface area contributed by atoms with Gasteiger partial charge in [-0.25, -0.2) is 0 Å². The number of esters is 1. The maximum absolute atomic E-state index is 11.3. The van der Waals surface area contributed by atoms with Crippen LogP contribution in [0.2, 0.25) is 0 Å². The van der Waals surface area contributed by atoms with Gasteiger partial charge in [-0.2, -0.15) is 0 Å². The zero-order valence-corrected chi connectivity index (χ0v) is 11.8. The van der Waals surface area contributed by atoms with Gasteiger partial charge in [0.05, 0.1) is 11.9 Å². The summed E-state index contributed by atoms with van der Waals surface area (Å²) >= 11 is 8.42. The number of methoxy groups -OCH3 is 1. The molecule has 5 heteroatoms. The van der Waals surface area contributed by atoms with Gasteiger partial charge in [0.15, 0.2) is 0 Å². The lowest BCUT2D eigenvalue weighted by Crippen LogP contribution is -2.20. The molecule has 0 aliphatic carbocycles. The number of carbonyl (C=O) groups excluding carboxylic acids is 1. The Morgan fingerprint density at radius 2 is 2.21 bits per heavy atom. The Balaban J connectivity index is 2.80. The van der Waals surface area contributed by atoms with E-state index in [4.69, 9.17) is 0 Å². The molecule has 0 N–H and O–H groups in total. The van der Waals surface area contributed by atoms with Crippen molar-refractivity contribution in [2.45, 2.75) is 16.6 Å². The van der Waals surface area contributed by atoms with Crippen molar-refractivity contribution in [3.8, 4) is 0 Å². The molecule has 0 radical (unpaired) electrons. The normalized spacial score (nSPS) is 14.9. The number of rotatable bonds is 3. The molecule has 2 atom stereocenters. The number of halogens is 2. The zero-order chi connectivity index (χ0) is 10.7. The van der Waals surface area contributed by atoms with Gasteiger partial charge < -0.3 is 4.74 Å². The largest absolute Gasteiger partial charge is 0.468 e. The molecule has 0 spiro atoms. The predicted octanol–water partition coefficient (Wildman–Crippen LogP) is 3.43. The van der Waals surface area contributed by atoms with Crippen LogP contribution in [0.4, 0.5) is 0 Å². The standard InChI is InChI=1S/C9H10Br2O2S/c1-5-3-4-14-8(5)6(10)7(11)9(12)13-2/h3-4,6-7H,1-2H3/t6-,7+/m0/s1. The molecule has 14 heavy (non-hydrogen) atoms. The van der Waals surface area contributed by atoms with Crippen molar-refractivity contribution in [3.05, 3.63) is 21.9 Å². The number of aryl methyl sites for hydroxylation is 1. The first-order valence-corrected chi connectivity index (χ1v) is 6.69. The van der Waals surface area contributed by atoms with Crippen molar-refractivity contribution >= 4 is 49.2 Å². The van der Waals surface area contributed by atoms with Crippen molar-refractivity contribution in [1.29, 1.82) is 0 Å². The van der Waals surface area contributed by atoms with Crippen LogP contribution in [0.3, 0.4) is 0 Å². The van der Waals surface area contributed by atoms with Crippen LogP contribution >= 0.6 is 43.2 Å². The molecule has 0 saturated heterocycles. The number of ether oxygens (including phenoxy) is 1. The van der Waals surface area contributed by atoms with E-state index in [1.54, 1.807) is 11.3 Å². The van der Waals surface area contributed by atoms with E-state index in [9.17, 15) is 4.79 Å². The molecule has 0 saturated carbocycles. The monoisotopic (exact) mass is 340 g/mol. The van der Waals surface area contributed by atoms with Gasteiger partial charge in [-0.1, -0.05) is 31.9 Å². The van der Waals surface area contributed by atoms with Gasteiger partial charge in [-0.15, -0.1) is 11.3 Å². The van der Waals surface area contributed by atoms with E-state index in [1.165, 1.54) is 12.7 Å². The molecule has 0 amide bonds. The van der Waals surface area contributed by atoms with Crippen LogP contribution < -0.4 is 0 Å². The third kappa shape index (κ3) is 2.58. The fourth-order valence-electron chi connectivity index (χ4n) is 1.03. The molecule has 2 nitrogen and oxygen atoms in total.